The third kappa shape index (κ3) is 6.55. The van der Waals surface area contributed by atoms with Crippen LogP contribution < -0.4 is 15.4 Å². The van der Waals surface area contributed by atoms with Crippen LogP contribution in [0.15, 0.2) is 4.99 Å². The summed E-state index contributed by atoms with van der Waals surface area (Å²) in [5.41, 5.74) is 0. The summed E-state index contributed by atoms with van der Waals surface area (Å²) in [6, 6.07) is 1.20. The number of hydrogen-bond acceptors (Lipinski definition) is 4. The molecule has 2 atom stereocenters. The van der Waals surface area contributed by atoms with Crippen LogP contribution in [0.5, 0.6) is 0 Å². The number of nitrogens with one attached hydrogen (secondary N) is 3. The zero-order valence-electron chi connectivity index (χ0n) is 13.5. The average molecular weight is 445 g/mol. The van der Waals surface area contributed by atoms with Crippen LogP contribution >= 0.6 is 24.0 Å². The first-order valence-corrected chi connectivity index (χ1v) is 9.44. The minimum atomic E-state index is -3.13. The maximum absolute atomic E-state index is 11.0. The van der Waals surface area contributed by atoms with Crippen molar-refractivity contribution in [1.29, 1.82) is 0 Å². The molecule has 0 aromatic rings. The molecule has 0 aromatic carbocycles. The molecule has 2 aliphatic rings. The summed E-state index contributed by atoms with van der Waals surface area (Å²) in [4.78, 5) is 6.76. The van der Waals surface area contributed by atoms with Crippen LogP contribution in [-0.2, 0) is 10.0 Å². The minimum Gasteiger partial charge on any atom is -0.355 e. The van der Waals surface area contributed by atoms with Gasteiger partial charge in [0.15, 0.2) is 5.96 Å². The van der Waals surface area contributed by atoms with Gasteiger partial charge in [-0.25, -0.2) is 13.1 Å². The summed E-state index contributed by atoms with van der Waals surface area (Å²) in [6.45, 7) is 5.34. The number of guanidine groups is 1. The zero-order valence-corrected chi connectivity index (χ0v) is 16.6. The second-order valence-corrected chi connectivity index (χ2v) is 7.91. The van der Waals surface area contributed by atoms with Crippen molar-refractivity contribution < 1.29 is 8.42 Å². The van der Waals surface area contributed by atoms with Gasteiger partial charge >= 0.3 is 0 Å². The second-order valence-electron chi connectivity index (χ2n) is 6.08. The third-order valence-electron chi connectivity index (χ3n) is 4.03. The SMILES string of the molecule is CN=C(NCCNS(C)(=O)=O)NC1CN(C2CC2)CC1C.I. The van der Waals surface area contributed by atoms with E-state index in [0.29, 0.717) is 25.0 Å². The van der Waals surface area contributed by atoms with Crippen LogP contribution in [0.2, 0.25) is 0 Å². The Kier molecular flexibility index (Phi) is 7.83. The van der Waals surface area contributed by atoms with Gasteiger partial charge in [0.2, 0.25) is 10.0 Å². The Morgan fingerprint density at radius 3 is 2.50 bits per heavy atom. The smallest absolute Gasteiger partial charge is 0.208 e. The van der Waals surface area contributed by atoms with Gasteiger partial charge in [-0.15, -0.1) is 24.0 Å². The quantitative estimate of drug-likeness (QED) is 0.228. The minimum absolute atomic E-state index is 0. The second kappa shape index (κ2) is 8.65. The molecule has 9 heteroatoms. The summed E-state index contributed by atoms with van der Waals surface area (Å²) in [7, 11) is -1.39. The molecule has 22 heavy (non-hydrogen) atoms. The van der Waals surface area contributed by atoms with Gasteiger partial charge in [0.05, 0.1) is 6.26 Å². The Hall–Kier alpha value is -0.130. The predicted octanol–water partition coefficient (Wildman–Crippen LogP) is -0.199. The van der Waals surface area contributed by atoms with Gasteiger partial charge in [-0.1, -0.05) is 6.92 Å². The van der Waals surface area contributed by atoms with Gasteiger partial charge in [-0.3, -0.25) is 9.89 Å². The molecule has 130 valence electrons. The summed E-state index contributed by atoms with van der Waals surface area (Å²) < 4.78 is 24.4. The Labute approximate surface area is 150 Å². The summed E-state index contributed by atoms with van der Waals surface area (Å²) >= 11 is 0. The van der Waals surface area contributed by atoms with Crippen LogP contribution in [0.4, 0.5) is 0 Å². The lowest BCUT2D eigenvalue weighted by molar-refractivity contribution is 0.315. The summed E-state index contributed by atoms with van der Waals surface area (Å²) in [5, 5.41) is 6.59. The molecule has 0 bridgehead atoms. The number of nitrogens with zero attached hydrogens (tertiary/aromatic N) is 2. The van der Waals surface area contributed by atoms with Gasteiger partial charge in [-0.2, -0.15) is 0 Å². The molecule has 1 aliphatic heterocycles. The Morgan fingerprint density at radius 1 is 1.27 bits per heavy atom. The van der Waals surface area contributed by atoms with Crippen molar-refractivity contribution in [2.75, 3.05) is 39.5 Å². The molecule has 1 aliphatic carbocycles. The van der Waals surface area contributed by atoms with E-state index >= 15 is 0 Å². The summed E-state index contributed by atoms with van der Waals surface area (Å²) in [5.74, 6) is 1.33. The molecule has 3 N–H and O–H groups in total. The normalized spacial score (nSPS) is 26.6. The van der Waals surface area contributed by atoms with Gasteiger partial charge in [0.25, 0.3) is 0 Å². The van der Waals surface area contributed by atoms with Gasteiger partial charge in [0.1, 0.15) is 0 Å². The van der Waals surface area contributed by atoms with Crippen molar-refractivity contribution in [3.8, 4) is 0 Å². The van der Waals surface area contributed by atoms with Crippen molar-refractivity contribution in [2.45, 2.75) is 31.8 Å². The summed E-state index contributed by atoms with van der Waals surface area (Å²) in [6.07, 6.45) is 3.83. The first kappa shape index (κ1) is 19.9. The van der Waals surface area contributed by atoms with Crippen LogP contribution in [0.1, 0.15) is 19.8 Å². The fourth-order valence-corrected chi connectivity index (χ4v) is 3.19. The zero-order chi connectivity index (χ0) is 15.5. The lowest BCUT2D eigenvalue weighted by atomic mass is 10.1. The van der Waals surface area contributed by atoms with E-state index in [9.17, 15) is 8.42 Å². The van der Waals surface area contributed by atoms with E-state index in [1.807, 2.05) is 0 Å². The third-order valence-corrected chi connectivity index (χ3v) is 4.76. The molecule has 0 aromatic heterocycles. The van der Waals surface area contributed by atoms with Crippen molar-refractivity contribution in [3.05, 3.63) is 0 Å². The molecule has 2 fully saturated rings. The fraction of sp³-hybridized carbons (Fsp3) is 0.923. The molecule has 1 heterocycles. The highest BCUT2D eigenvalue weighted by Crippen LogP contribution is 2.31. The van der Waals surface area contributed by atoms with E-state index in [-0.39, 0.29) is 24.0 Å². The van der Waals surface area contributed by atoms with E-state index in [1.54, 1.807) is 7.05 Å². The van der Waals surface area contributed by atoms with E-state index in [2.05, 4.69) is 32.2 Å². The lowest BCUT2D eigenvalue weighted by Gasteiger charge is -2.20. The molecule has 2 unspecified atom stereocenters. The highest BCUT2D eigenvalue weighted by Gasteiger charge is 2.38. The molecular formula is C13H28IN5O2S. The largest absolute Gasteiger partial charge is 0.355 e. The molecule has 1 saturated carbocycles. The number of likely N-dealkylation sites (tertiary alicyclic amines) is 1. The van der Waals surface area contributed by atoms with Crippen LogP contribution in [-0.4, -0.2) is 70.8 Å². The number of halogens is 1. The molecule has 1 saturated heterocycles. The Balaban J connectivity index is 0.00000242. The van der Waals surface area contributed by atoms with Crippen molar-refractivity contribution in [1.82, 2.24) is 20.3 Å². The average Bonchev–Trinajstić information content (AvgIpc) is 3.18. The first-order valence-electron chi connectivity index (χ1n) is 7.55. The van der Waals surface area contributed by atoms with Crippen LogP contribution in [0.3, 0.4) is 0 Å². The number of sulfonamides is 1. The Morgan fingerprint density at radius 2 is 1.95 bits per heavy atom. The van der Waals surface area contributed by atoms with Crippen molar-refractivity contribution in [2.24, 2.45) is 10.9 Å². The highest BCUT2D eigenvalue weighted by atomic mass is 127. The maximum atomic E-state index is 11.0. The van der Waals surface area contributed by atoms with Crippen LogP contribution in [0.25, 0.3) is 0 Å². The number of rotatable bonds is 6. The fourth-order valence-electron chi connectivity index (χ4n) is 2.72. The molecular weight excluding hydrogens is 417 g/mol. The van der Waals surface area contributed by atoms with E-state index < -0.39 is 10.0 Å². The standard InChI is InChI=1S/C13H27N5O2S.HI/c1-10-8-18(11-4-5-11)9-12(10)17-13(14-2)15-6-7-16-21(3,19)20;/h10-12,16H,4-9H2,1-3H3,(H2,14,15,17);1H. The molecule has 2 rings (SSSR count). The first-order chi connectivity index (χ1) is 9.89. The number of aliphatic imine (C=N–C) groups is 1. The predicted molar refractivity (Wildman–Crippen MR) is 100 cm³/mol. The van der Waals surface area contributed by atoms with Crippen molar-refractivity contribution in [3.63, 3.8) is 0 Å². The maximum Gasteiger partial charge on any atom is 0.208 e. The van der Waals surface area contributed by atoms with E-state index in [1.165, 1.54) is 12.8 Å². The highest BCUT2D eigenvalue weighted by molar-refractivity contribution is 14.0. The molecule has 7 nitrogen and oxygen atoms in total. The van der Waals surface area contributed by atoms with Gasteiger partial charge < -0.3 is 10.6 Å². The lowest BCUT2D eigenvalue weighted by Crippen LogP contribution is -2.48. The Bertz CT molecular complexity index is 481. The van der Waals surface area contributed by atoms with Crippen LogP contribution in [0, 0.1) is 5.92 Å². The molecule has 0 radical (unpaired) electrons. The van der Waals surface area contributed by atoms with Gasteiger partial charge in [-0.05, 0) is 18.8 Å². The van der Waals surface area contributed by atoms with E-state index in [0.717, 1.165) is 31.3 Å². The topological polar surface area (TPSA) is 85.8 Å². The molecule has 0 spiro atoms. The van der Waals surface area contributed by atoms with Crippen molar-refractivity contribution >= 4 is 40.0 Å². The number of hydrogen-bond donors (Lipinski definition) is 3. The van der Waals surface area contributed by atoms with Gasteiger partial charge in [0, 0.05) is 45.3 Å². The van der Waals surface area contributed by atoms with E-state index in [4.69, 9.17) is 0 Å². The monoisotopic (exact) mass is 445 g/mol. The molecule has 0 amide bonds.